The van der Waals surface area contributed by atoms with Gasteiger partial charge in [-0.25, -0.2) is 9.13 Å². The van der Waals surface area contributed by atoms with Gasteiger partial charge >= 0.3 is 33.6 Å². The summed E-state index contributed by atoms with van der Waals surface area (Å²) in [5.41, 5.74) is 0. The van der Waals surface area contributed by atoms with E-state index in [1.807, 2.05) is 0 Å². The molecule has 0 amide bonds. The van der Waals surface area contributed by atoms with E-state index in [-0.39, 0.29) is 19.3 Å². The molecule has 4 N–H and O–H groups in total. The van der Waals surface area contributed by atoms with Gasteiger partial charge < -0.3 is 34.2 Å². The second-order valence-electron chi connectivity index (χ2n) is 20.5. The van der Waals surface area contributed by atoms with Crippen molar-refractivity contribution in [2.75, 3.05) is 39.6 Å². The number of hydrogen-bond donors (Lipinski definition) is 4. The molecule has 0 aromatic heterocycles. The van der Waals surface area contributed by atoms with Crippen molar-refractivity contribution in [1.82, 2.24) is 0 Å². The molecule has 0 radical (unpaired) electrons. The van der Waals surface area contributed by atoms with Crippen molar-refractivity contribution in [2.45, 2.75) is 283 Å². The first-order valence-corrected chi connectivity index (χ1v) is 33.3. The van der Waals surface area contributed by atoms with Crippen LogP contribution in [0.15, 0.2) is 36.5 Å². The fourth-order valence-corrected chi connectivity index (χ4v) is 9.71. The lowest BCUT2D eigenvalue weighted by Crippen LogP contribution is -2.30. The smallest absolute Gasteiger partial charge is 0.463 e. The second kappa shape index (κ2) is 54.4. The monoisotopic (exact) mass is 1140 g/mol. The average Bonchev–Trinajstić information content (AvgIpc) is 3.40. The second-order valence-corrected chi connectivity index (χ2v) is 23.4. The van der Waals surface area contributed by atoms with E-state index in [2.05, 4.69) is 57.2 Å². The van der Waals surface area contributed by atoms with Gasteiger partial charge in [0.1, 0.15) is 25.4 Å². The molecule has 0 rings (SSSR count). The summed E-state index contributed by atoms with van der Waals surface area (Å²) in [7, 11) is -9.75. The van der Waals surface area contributed by atoms with Gasteiger partial charge in [0.15, 0.2) is 6.10 Å². The minimum atomic E-state index is -4.91. The molecule has 16 nitrogen and oxygen atoms in total. The Labute approximate surface area is 466 Å². The maximum absolute atomic E-state index is 12.8. The normalized spacial score (nSPS) is 14.7. The lowest BCUT2D eigenvalue weighted by Gasteiger charge is -2.21. The lowest BCUT2D eigenvalue weighted by atomic mass is 10.0. The molecular weight excluding hydrogens is 1030 g/mol. The van der Waals surface area contributed by atoms with E-state index < -0.39 is 91.5 Å². The van der Waals surface area contributed by atoms with Crippen LogP contribution in [-0.2, 0) is 55.8 Å². The molecule has 5 unspecified atom stereocenters. The van der Waals surface area contributed by atoms with Crippen LogP contribution in [0, 0.1) is 0 Å². The van der Waals surface area contributed by atoms with Crippen molar-refractivity contribution >= 4 is 33.6 Å². The van der Waals surface area contributed by atoms with Gasteiger partial charge in [-0.05, 0) is 77.0 Å². The molecule has 77 heavy (non-hydrogen) atoms. The lowest BCUT2D eigenvalue weighted by molar-refractivity contribution is -0.161. The summed E-state index contributed by atoms with van der Waals surface area (Å²) in [6.07, 6.45) is 47.8. The van der Waals surface area contributed by atoms with Gasteiger partial charge in [0, 0.05) is 19.3 Å². The molecule has 0 heterocycles. The van der Waals surface area contributed by atoms with Crippen LogP contribution in [0.4, 0.5) is 0 Å². The van der Waals surface area contributed by atoms with Crippen molar-refractivity contribution in [1.29, 1.82) is 0 Å². The number of ether oxygens (including phenoxy) is 3. The summed E-state index contributed by atoms with van der Waals surface area (Å²) < 4.78 is 60.6. The van der Waals surface area contributed by atoms with Crippen LogP contribution >= 0.6 is 15.6 Å². The Morgan fingerprint density at radius 1 is 0.364 bits per heavy atom. The van der Waals surface area contributed by atoms with Gasteiger partial charge in [0.05, 0.1) is 26.4 Å². The van der Waals surface area contributed by atoms with Gasteiger partial charge in [-0.1, -0.05) is 205 Å². The zero-order valence-electron chi connectivity index (χ0n) is 48.4. The molecule has 0 aliphatic heterocycles. The molecule has 0 aromatic rings. The fraction of sp³-hybridized carbons (Fsp3) is 0.847. The predicted molar refractivity (Wildman–Crippen MR) is 307 cm³/mol. The highest BCUT2D eigenvalue weighted by Gasteiger charge is 2.29. The molecule has 452 valence electrons. The summed E-state index contributed by atoms with van der Waals surface area (Å²) in [4.78, 5) is 58.0. The molecule has 0 saturated heterocycles. The van der Waals surface area contributed by atoms with Crippen LogP contribution in [-0.4, -0.2) is 95.9 Å². The maximum atomic E-state index is 12.8. The first kappa shape index (κ1) is 74.8. The summed E-state index contributed by atoms with van der Waals surface area (Å²) in [6, 6.07) is 0. The van der Waals surface area contributed by atoms with Gasteiger partial charge in [0.2, 0.25) is 0 Å². The highest BCUT2D eigenvalue weighted by molar-refractivity contribution is 7.47. The van der Waals surface area contributed by atoms with Crippen LogP contribution in [0.1, 0.15) is 265 Å². The van der Waals surface area contributed by atoms with Crippen molar-refractivity contribution in [2.24, 2.45) is 0 Å². The number of carbonyl (C=O) groups is 3. The Morgan fingerprint density at radius 3 is 1.06 bits per heavy atom. The Kier molecular flexibility index (Phi) is 52.8. The minimum Gasteiger partial charge on any atom is -0.463 e. The van der Waals surface area contributed by atoms with Gasteiger partial charge in [0.25, 0.3) is 0 Å². The largest absolute Gasteiger partial charge is 0.472 e. The number of esters is 3. The number of unbranched alkanes of at least 4 members (excludes halogenated alkanes) is 29. The Balaban J connectivity index is 4.68. The van der Waals surface area contributed by atoms with Crippen molar-refractivity contribution in [3.05, 3.63) is 36.5 Å². The Bertz CT molecular complexity index is 1570. The van der Waals surface area contributed by atoms with Crippen molar-refractivity contribution in [3.8, 4) is 0 Å². The number of phosphoric acid groups is 2. The average molecular weight is 1140 g/mol. The van der Waals surface area contributed by atoms with Crippen molar-refractivity contribution < 1.29 is 75.8 Å². The predicted octanol–water partition coefficient (Wildman–Crippen LogP) is 15.5. The summed E-state index contributed by atoms with van der Waals surface area (Å²) >= 11 is 0. The van der Waals surface area contributed by atoms with Gasteiger partial charge in [-0.2, -0.15) is 0 Å². The highest BCUT2D eigenvalue weighted by atomic mass is 31.2. The molecule has 0 aliphatic rings. The van der Waals surface area contributed by atoms with Gasteiger partial charge in [-0.15, -0.1) is 0 Å². The third-order valence-electron chi connectivity index (χ3n) is 12.8. The Morgan fingerprint density at radius 2 is 0.649 bits per heavy atom. The van der Waals surface area contributed by atoms with Crippen LogP contribution < -0.4 is 0 Å². The number of hydrogen-bond acceptors (Lipinski definition) is 14. The quantitative estimate of drug-likeness (QED) is 0.0146. The van der Waals surface area contributed by atoms with Gasteiger partial charge in [-0.3, -0.25) is 32.5 Å². The van der Waals surface area contributed by atoms with Crippen LogP contribution in [0.3, 0.4) is 0 Å². The third kappa shape index (κ3) is 55.5. The van der Waals surface area contributed by atoms with E-state index in [1.54, 1.807) is 0 Å². The van der Waals surface area contributed by atoms with E-state index in [1.165, 1.54) is 96.3 Å². The molecule has 5 atom stereocenters. The topological polar surface area (TPSA) is 231 Å². The molecule has 0 aliphatic carbocycles. The summed E-state index contributed by atoms with van der Waals surface area (Å²) in [6.45, 7) is 2.60. The molecule has 0 spiro atoms. The highest BCUT2D eigenvalue weighted by Crippen LogP contribution is 2.45. The zero-order chi connectivity index (χ0) is 56.8. The fourth-order valence-electron chi connectivity index (χ4n) is 8.12. The van der Waals surface area contributed by atoms with Crippen molar-refractivity contribution in [3.63, 3.8) is 0 Å². The van der Waals surface area contributed by atoms with E-state index in [0.717, 1.165) is 109 Å². The Hall–Kier alpha value is -2.23. The number of rotatable bonds is 58. The summed E-state index contributed by atoms with van der Waals surface area (Å²) in [5.74, 6) is -1.58. The van der Waals surface area contributed by atoms with E-state index in [0.29, 0.717) is 19.3 Å². The molecule has 0 bridgehead atoms. The number of allylic oxidation sites excluding steroid dienone is 6. The first-order chi connectivity index (χ1) is 37.2. The molecule has 0 saturated carbocycles. The molecule has 0 aromatic carbocycles. The third-order valence-corrected chi connectivity index (χ3v) is 14.7. The standard InChI is InChI=1S/C59H110O16P2/c1-4-7-10-13-16-19-22-25-26-29-31-33-36-39-42-45-57(62)69-48-54(60)49-71-76(65,66)72-50-55(61)51-73-77(67,68)74-53-56(75-59(64)47-44-41-38-35-32-28-24-21-18-15-12-9-6-3)52-70-58(63)46-43-40-37-34-30-27-23-20-17-14-11-8-5-2/h16,19-20,23,25-26,54-56,60-61H,4-15,17-18,21-22,24,27-53H2,1-3H3,(H,65,66)(H,67,68)/b19-16-,23-20-,26-25-. The zero-order valence-corrected chi connectivity index (χ0v) is 50.2. The molecular formula is C59H110O16P2. The maximum Gasteiger partial charge on any atom is 0.472 e. The number of carbonyl (C=O) groups excluding carboxylic acids is 3. The number of phosphoric ester groups is 2. The first-order valence-electron chi connectivity index (χ1n) is 30.3. The molecule has 18 heteroatoms. The minimum absolute atomic E-state index is 0.110. The van der Waals surface area contributed by atoms with E-state index in [4.69, 9.17) is 32.3 Å². The molecule has 0 fully saturated rings. The number of aliphatic hydroxyl groups excluding tert-OH is 2. The summed E-state index contributed by atoms with van der Waals surface area (Å²) in [5, 5.41) is 20.4. The van der Waals surface area contributed by atoms with Crippen LogP contribution in [0.5, 0.6) is 0 Å². The SMILES string of the molecule is CCCCC/C=C\C/C=C\CCCCCCCC(=O)OCC(O)COP(=O)(O)OCC(O)COP(=O)(O)OCC(COC(=O)CCCCCCC/C=C\CCCCCC)OC(=O)CCCCCCCCCCCCCCC. The van der Waals surface area contributed by atoms with Crippen LogP contribution in [0.25, 0.3) is 0 Å². The van der Waals surface area contributed by atoms with E-state index >= 15 is 0 Å². The van der Waals surface area contributed by atoms with E-state index in [9.17, 15) is 43.5 Å². The number of aliphatic hydroxyl groups is 2. The van der Waals surface area contributed by atoms with Crippen LogP contribution in [0.2, 0.25) is 0 Å².